The maximum atomic E-state index is 14.8. The van der Waals surface area contributed by atoms with Gasteiger partial charge < -0.3 is 10.3 Å². The number of benzene rings is 2. The fraction of sp³-hybridized carbons (Fsp3) is 0.136. The smallest absolute Gasteiger partial charge is 0.261 e. The molecule has 8 nitrogen and oxygen atoms in total. The van der Waals surface area contributed by atoms with E-state index in [2.05, 4.69) is 20.3 Å². The van der Waals surface area contributed by atoms with Crippen LogP contribution in [0.3, 0.4) is 0 Å². The van der Waals surface area contributed by atoms with E-state index in [1.54, 1.807) is 6.92 Å². The number of nitrogens with one attached hydrogen (secondary N) is 3. The Morgan fingerprint density at radius 3 is 2.53 bits per heavy atom. The quantitative estimate of drug-likeness (QED) is 0.355. The SMILES string of the molecule is CCCS(=O)(=O)Nc1ccc(F)c(C(=O)Nc2cnc3[nH]c(-c4ccc(F)cc4)nc3c2)c1F. The summed E-state index contributed by atoms with van der Waals surface area (Å²) < 4.78 is 68.2. The second-order valence-corrected chi connectivity index (χ2v) is 9.18. The molecule has 12 heteroatoms. The minimum atomic E-state index is -3.86. The summed E-state index contributed by atoms with van der Waals surface area (Å²) >= 11 is 0. The Balaban J connectivity index is 1.60. The Morgan fingerprint density at radius 1 is 1.09 bits per heavy atom. The van der Waals surface area contributed by atoms with Crippen LogP contribution >= 0.6 is 0 Å². The highest BCUT2D eigenvalue weighted by Gasteiger charge is 2.23. The van der Waals surface area contributed by atoms with Gasteiger partial charge in [0.1, 0.15) is 28.5 Å². The molecule has 34 heavy (non-hydrogen) atoms. The highest BCUT2D eigenvalue weighted by Crippen LogP contribution is 2.25. The number of anilines is 2. The third-order valence-electron chi connectivity index (χ3n) is 4.77. The van der Waals surface area contributed by atoms with Crippen LogP contribution in [0.25, 0.3) is 22.6 Å². The normalized spacial score (nSPS) is 11.5. The molecule has 0 aliphatic heterocycles. The summed E-state index contributed by atoms with van der Waals surface area (Å²) in [5.74, 6) is -3.90. The van der Waals surface area contributed by atoms with Crippen LogP contribution in [0.4, 0.5) is 24.5 Å². The first-order chi connectivity index (χ1) is 16.2. The van der Waals surface area contributed by atoms with Gasteiger partial charge in [0.2, 0.25) is 10.0 Å². The highest BCUT2D eigenvalue weighted by molar-refractivity contribution is 7.92. The number of halogens is 3. The van der Waals surface area contributed by atoms with Crippen LogP contribution in [0, 0.1) is 17.5 Å². The molecule has 0 spiro atoms. The molecular weight excluding hydrogens is 471 g/mol. The molecule has 4 rings (SSSR count). The van der Waals surface area contributed by atoms with Gasteiger partial charge in [-0.3, -0.25) is 9.52 Å². The maximum Gasteiger partial charge on any atom is 0.261 e. The number of aromatic amines is 1. The summed E-state index contributed by atoms with van der Waals surface area (Å²) in [6, 6.07) is 8.76. The number of hydrogen-bond acceptors (Lipinski definition) is 5. The van der Waals surface area contributed by atoms with Crippen molar-refractivity contribution in [2.24, 2.45) is 0 Å². The van der Waals surface area contributed by atoms with E-state index in [0.717, 1.165) is 12.1 Å². The zero-order valence-electron chi connectivity index (χ0n) is 17.7. The monoisotopic (exact) mass is 489 g/mol. The van der Waals surface area contributed by atoms with Crippen LogP contribution in [-0.4, -0.2) is 35.0 Å². The van der Waals surface area contributed by atoms with E-state index < -0.39 is 44.6 Å². The summed E-state index contributed by atoms with van der Waals surface area (Å²) in [4.78, 5) is 24.1. The second kappa shape index (κ2) is 9.14. The number of sulfonamides is 1. The van der Waals surface area contributed by atoms with Gasteiger partial charge in [-0.2, -0.15) is 0 Å². The number of nitrogens with zero attached hydrogens (tertiary/aromatic N) is 2. The van der Waals surface area contributed by atoms with E-state index in [1.807, 2.05) is 4.72 Å². The summed E-state index contributed by atoms with van der Waals surface area (Å²) in [6.07, 6.45) is 1.55. The third kappa shape index (κ3) is 4.86. The van der Waals surface area contributed by atoms with E-state index in [1.165, 1.54) is 36.5 Å². The molecule has 1 amide bonds. The average molecular weight is 489 g/mol. The van der Waals surface area contributed by atoms with Crippen molar-refractivity contribution in [1.82, 2.24) is 15.0 Å². The van der Waals surface area contributed by atoms with Crippen molar-refractivity contribution in [2.45, 2.75) is 13.3 Å². The topological polar surface area (TPSA) is 117 Å². The van der Waals surface area contributed by atoms with Crippen LogP contribution in [0.2, 0.25) is 0 Å². The summed E-state index contributed by atoms with van der Waals surface area (Å²) in [7, 11) is -3.86. The van der Waals surface area contributed by atoms with Crippen LogP contribution in [0.5, 0.6) is 0 Å². The average Bonchev–Trinajstić information content (AvgIpc) is 3.19. The lowest BCUT2D eigenvalue weighted by atomic mass is 10.1. The van der Waals surface area contributed by atoms with Crippen LogP contribution in [0.1, 0.15) is 23.7 Å². The van der Waals surface area contributed by atoms with Gasteiger partial charge in [0.05, 0.1) is 23.3 Å². The molecule has 0 saturated carbocycles. The van der Waals surface area contributed by atoms with Crippen molar-refractivity contribution >= 4 is 38.5 Å². The minimum Gasteiger partial charge on any atom is -0.323 e. The molecule has 0 aliphatic rings. The lowest BCUT2D eigenvalue weighted by Crippen LogP contribution is -2.20. The van der Waals surface area contributed by atoms with E-state index in [0.29, 0.717) is 22.6 Å². The molecule has 0 saturated heterocycles. The van der Waals surface area contributed by atoms with E-state index in [9.17, 15) is 26.4 Å². The first kappa shape index (κ1) is 23.2. The molecule has 0 atom stereocenters. The number of aromatic nitrogens is 3. The molecule has 3 N–H and O–H groups in total. The predicted molar refractivity (Wildman–Crippen MR) is 121 cm³/mol. The number of imidazole rings is 1. The van der Waals surface area contributed by atoms with Gasteiger partial charge in [-0.25, -0.2) is 31.6 Å². The fourth-order valence-electron chi connectivity index (χ4n) is 3.23. The van der Waals surface area contributed by atoms with Gasteiger partial charge in [-0.15, -0.1) is 0 Å². The van der Waals surface area contributed by atoms with E-state index >= 15 is 0 Å². The highest BCUT2D eigenvalue weighted by atomic mass is 32.2. The second-order valence-electron chi connectivity index (χ2n) is 7.34. The number of rotatable bonds is 7. The summed E-state index contributed by atoms with van der Waals surface area (Å²) in [5, 5.41) is 2.34. The first-order valence-corrected chi connectivity index (χ1v) is 11.7. The molecule has 0 unspecified atom stereocenters. The van der Waals surface area contributed by atoms with Gasteiger partial charge in [-0.1, -0.05) is 6.92 Å². The number of hydrogen-bond donors (Lipinski definition) is 3. The molecule has 4 aromatic rings. The largest absolute Gasteiger partial charge is 0.323 e. The van der Waals surface area contributed by atoms with Gasteiger partial charge in [-0.05, 0) is 48.9 Å². The van der Waals surface area contributed by atoms with Crippen molar-refractivity contribution in [3.05, 3.63) is 71.7 Å². The molecule has 2 aromatic heterocycles. The van der Waals surface area contributed by atoms with Crippen molar-refractivity contribution in [2.75, 3.05) is 15.8 Å². The predicted octanol–water partition coefficient (Wildman–Crippen LogP) is 4.45. The maximum absolute atomic E-state index is 14.8. The molecule has 2 heterocycles. The zero-order chi connectivity index (χ0) is 24.5. The molecular formula is C22H18F3N5O3S. The van der Waals surface area contributed by atoms with Crippen molar-refractivity contribution in [3.63, 3.8) is 0 Å². The van der Waals surface area contributed by atoms with Crippen molar-refractivity contribution in [3.8, 4) is 11.4 Å². The molecule has 0 radical (unpaired) electrons. The van der Waals surface area contributed by atoms with Crippen LogP contribution < -0.4 is 10.0 Å². The molecule has 0 fully saturated rings. The van der Waals surface area contributed by atoms with E-state index in [-0.39, 0.29) is 17.9 Å². The molecule has 0 bridgehead atoms. The molecule has 2 aromatic carbocycles. The third-order valence-corrected chi connectivity index (χ3v) is 6.25. The van der Waals surface area contributed by atoms with Gasteiger partial charge in [0.25, 0.3) is 5.91 Å². The number of amides is 1. The Morgan fingerprint density at radius 2 is 1.82 bits per heavy atom. The Bertz CT molecular complexity index is 1490. The Kier molecular flexibility index (Phi) is 6.24. The Hall–Kier alpha value is -3.93. The standard InChI is InChI=1S/C22H18F3N5O3S/c1-2-9-34(32,33)30-16-8-7-15(24)18(19(16)25)22(31)27-14-10-17-21(26-11-14)29-20(28-17)12-3-5-13(23)6-4-12/h3-8,10-11,30H,2,9H2,1H3,(H,27,31)(H,26,28,29). The van der Waals surface area contributed by atoms with Crippen molar-refractivity contribution in [1.29, 1.82) is 0 Å². The van der Waals surface area contributed by atoms with Gasteiger partial charge >= 0.3 is 0 Å². The lowest BCUT2D eigenvalue weighted by molar-refractivity contribution is 0.101. The van der Waals surface area contributed by atoms with Crippen molar-refractivity contribution < 1.29 is 26.4 Å². The number of carbonyl (C=O) groups excluding carboxylic acids is 1. The molecule has 176 valence electrons. The van der Waals surface area contributed by atoms with Crippen LogP contribution in [-0.2, 0) is 10.0 Å². The van der Waals surface area contributed by atoms with E-state index in [4.69, 9.17) is 0 Å². The lowest BCUT2D eigenvalue weighted by Gasteiger charge is -2.12. The van der Waals surface area contributed by atoms with Gasteiger partial charge in [0.15, 0.2) is 11.5 Å². The summed E-state index contributed by atoms with van der Waals surface area (Å²) in [5.41, 5.74) is -0.0568. The Labute approximate surface area is 192 Å². The fourth-order valence-corrected chi connectivity index (χ4v) is 4.36. The number of carbonyl (C=O) groups is 1. The molecule has 0 aliphatic carbocycles. The number of fused-ring (bicyclic) bond motifs is 1. The number of pyridine rings is 1. The number of H-pyrrole nitrogens is 1. The van der Waals surface area contributed by atoms with Gasteiger partial charge in [0, 0.05) is 5.56 Å². The zero-order valence-corrected chi connectivity index (χ0v) is 18.5. The van der Waals surface area contributed by atoms with Crippen LogP contribution in [0.15, 0.2) is 48.7 Å². The minimum absolute atomic E-state index is 0.102. The summed E-state index contributed by atoms with van der Waals surface area (Å²) in [6.45, 7) is 1.63. The first-order valence-electron chi connectivity index (χ1n) is 10.1.